The molecule has 0 aromatic heterocycles. The molecule has 0 spiro atoms. The molecule has 1 N–H and O–H groups in total. The van der Waals surface area contributed by atoms with Crippen molar-refractivity contribution in [2.75, 3.05) is 5.32 Å². The zero-order valence-corrected chi connectivity index (χ0v) is 13.8. The van der Waals surface area contributed by atoms with Gasteiger partial charge >= 0.3 is 0 Å². The highest BCUT2D eigenvalue weighted by molar-refractivity contribution is 6.31. The molecule has 2 aromatic rings. The summed E-state index contributed by atoms with van der Waals surface area (Å²) in [5.74, 6) is -0.571. The van der Waals surface area contributed by atoms with E-state index in [1.807, 2.05) is 0 Å². The standard InChI is InChI=1S/C17H13ClFN3O3/c1-10-16(9-21(23)24)20-15-7-6-11(18)8-13(15)17(22(10)25)12-4-2-3-5-14(12)19/h2-10,20H,1H3/b16-9-. The van der Waals surface area contributed by atoms with Crippen molar-refractivity contribution in [2.45, 2.75) is 13.0 Å². The maximum atomic E-state index is 14.3. The Hall–Kier alpha value is -2.93. The van der Waals surface area contributed by atoms with Crippen molar-refractivity contribution in [1.82, 2.24) is 0 Å². The topological polar surface area (TPSA) is 81.2 Å². The Morgan fingerprint density at radius 3 is 2.68 bits per heavy atom. The van der Waals surface area contributed by atoms with E-state index in [0.717, 1.165) is 6.20 Å². The molecule has 8 heteroatoms. The number of nitrogens with one attached hydrogen (secondary N) is 1. The summed E-state index contributed by atoms with van der Waals surface area (Å²) in [5, 5.41) is 27.1. The first-order chi connectivity index (χ1) is 11.9. The number of rotatable bonds is 2. The number of nitro groups is 1. The van der Waals surface area contributed by atoms with Crippen molar-refractivity contribution in [3.8, 4) is 0 Å². The van der Waals surface area contributed by atoms with Crippen LogP contribution in [0.3, 0.4) is 0 Å². The normalized spacial score (nSPS) is 18.5. The monoisotopic (exact) mass is 361 g/mol. The Balaban J connectivity index is 2.34. The Kier molecular flexibility index (Phi) is 4.41. The van der Waals surface area contributed by atoms with Gasteiger partial charge in [-0.05, 0) is 30.3 Å². The van der Waals surface area contributed by atoms with E-state index in [4.69, 9.17) is 11.6 Å². The number of benzene rings is 2. The van der Waals surface area contributed by atoms with Crippen LogP contribution in [0.25, 0.3) is 0 Å². The van der Waals surface area contributed by atoms with Crippen molar-refractivity contribution < 1.29 is 14.1 Å². The van der Waals surface area contributed by atoms with Gasteiger partial charge in [0.15, 0.2) is 5.70 Å². The highest BCUT2D eigenvalue weighted by Crippen LogP contribution is 2.30. The van der Waals surface area contributed by atoms with Gasteiger partial charge in [0, 0.05) is 11.9 Å². The fourth-order valence-electron chi connectivity index (χ4n) is 2.69. The van der Waals surface area contributed by atoms with E-state index in [2.05, 4.69) is 5.32 Å². The van der Waals surface area contributed by atoms with Crippen LogP contribution < -0.4 is 5.32 Å². The lowest BCUT2D eigenvalue weighted by molar-refractivity contribution is -0.487. The molecule has 1 aliphatic rings. The minimum atomic E-state index is -0.925. The Morgan fingerprint density at radius 2 is 2.00 bits per heavy atom. The van der Waals surface area contributed by atoms with E-state index in [0.29, 0.717) is 21.0 Å². The number of nitrogens with zero attached hydrogens (tertiary/aromatic N) is 2. The van der Waals surface area contributed by atoms with Crippen LogP contribution in [0, 0.1) is 21.1 Å². The number of benzodiazepines with no additional fused rings is 1. The van der Waals surface area contributed by atoms with E-state index >= 15 is 0 Å². The number of hydrogen-bond donors (Lipinski definition) is 1. The minimum Gasteiger partial charge on any atom is -0.623 e. The molecule has 0 saturated carbocycles. The second-order valence-corrected chi connectivity index (χ2v) is 5.95. The molecule has 25 heavy (non-hydrogen) atoms. The molecule has 128 valence electrons. The molecule has 0 amide bonds. The molecule has 1 aliphatic heterocycles. The van der Waals surface area contributed by atoms with Crippen molar-refractivity contribution >= 4 is 23.0 Å². The van der Waals surface area contributed by atoms with E-state index in [-0.39, 0.29) is 17.0 Å². The van der Waals surface area contributed by atoms with Crippen LogP contribution >= 0.6 is 11.6 Å². The van der Waals surface area contributed by atoms with Crippen LogP contribution in [0.4, 0.5) is 10.1 Å². The molecule has 0 radical (unpaired) electrons. The van der Waals surface area contributed by atoms with Gasteiger partial charge in [0.25, 0.3) is 6.20 Å². The maximum Gasteiger partial charge on any atom is 0.260 e. The van der Waals surface area contributed by atoms with Gasteiger partial charge in [-0.25, -0.2) is 4.39 Å². The summed E-state index contributed by atoms with van der Waals surface area (Å²) in [6.45, 7) is 1.50. The molecule has 2 aromatic carbocycles. The van der Waals surface area contributed by atoms with Crippen LogP contribution in [0.1, 0.15) is 18.1 Å². The van der Waals surface area contributed by atoms with Crippen molar-refractivity contribution in [1.29, 1.82) is 0 Å². The summed E-state index contributed by atoms with van der Waals surface area (Å²) in [5.41, 5.74) is 1.04. The number of hydrogen-bond acceptors (Lipinski definition) is 4. The zero-order chi connectivity index (χ0) is 18.1. The van der Waals surface area contributed by atoms with Gasteiger partial charge in [-0.2, -0.15) is 4.74 Å². The first kappa shape index (κ1) is 16.9. The quantitative estimate of drug-likeness (QED) is 0.382. The molecule has 0 bridgehead atoms. The highest BCUT2D eigenvalue weighted by Gasteiger charge is 2.32. The Labute approximate surface area is 147 Å². The third-order valence-corrected chi connectivity index (χ3v) is 4.15. The maximum absolute atomic E-state index is 14.3. The fourth-order valence-corrected chi connectivity index (χ4v) is 2.86. The molecule has 1 unspecified atom stereocenters. The van der Waals surface area contributed by atoms with Crippen molar-refractivity contribution in [2.24, 2.45) is 0 Å². The molecular formula is C17H13ClFN3O3. The minimum absolute atomic E-state index is 0.0577. The smallest absolute Gasteiger partial charge is 0.260 e. The Morgan fingerprint density at radius 1 is 1.28 bits per heavy atom. The summed E-state index contributed by atoms with van der Waals surface area (Å²) in [7, 11) is 0. The van der Waals surface area contributed by atoms with Gasteiger partial charge in [-0.15, -0.1) is 0 Å². The second-order valence-electron chi connectivity index (χ2n) is 5.51. The Bertz CT molecular complexity index is 927. The van der Waals surface area contributed by atoms with Gasteiger partial charge in [0.05, 0.1) is 21.7 Å². The summed E-state index contributed by atoms with van der Waals surface area (Å²) in [4.78, 5) is 10.2. The van der Waals surface area contributed by atoms with Crippen molar-refractivity contribution in [3.05, 3.63) is 91.6 Å². The van der Waals surface area contributed by atoms with Crippen LogP contribution in [0.5, 0.6) is 0 Å². The molecule has 0 saturated heterocycles. The van der Waals surface area contributed by atoms with Gasteiger partial charge < -0.3 is 10.5 Å². The van der Waals surface area contributed by atoms with Crippen LogP contribution in [0.15, 0.2) is 54.4 Å². The fraction of sp³-hybridized carbons (Fsp3) is 0.118. The average molecular weight is 362 g/mol. The summed E-state index contributed by atoms with van der Waals surface area (Å²) >= 11 is 6.05. The second kappa shape index (κ2) is 6.52. The average Bonchev–Trinajstić information content (AvgIpc) is 2.65. The first-order valence-electron chi connectivity index (χ1n) is 7.39. The van der Waals surface area contributed by atoms with Crippen LogP contribution in [0.2, 0.25) is 5.02 Å². The molecule has 0 aliphatic carbocycles. The van der Waals surface area contributed by atoms with E-state index < -0.39 is 16.8 Å². The summed E-state index contributed by atoms with van der Waals surface area (Å²) in [6.07, 6.45) is 0.734. The number of fused-ring (bicyclic) bond motifs is 1. The zero-order valence-electron chi connectivity index (χ0n) is 13.1. The summed E-state index contributed by atoms with van der Waals surface area (Å²) in [6, 6.07) is 9.64. The first-order valence-corrected chi connectivity index (χ1v) is 7.76. The predicted molar refractivity (Wildman–Crippen MR) is 92.9 cm³/mol. The molecule has 6 nitrogen and oxygen atoms in total. The lowest BCUT2D eigenvalue weighted by Gasteiger charge is -2.15. The largest absolute Gasteiger partial charge is 0.623 e. The molecule has 1 heterocycles. The molecular weight excluding hydrogens is 349 g/mol. The predicted octanol–water partition coefficient (Wildman–Crippen LogP) is 3.76. The van der Waals surface area contributed by atoms with Crippen LogP contribution in [-0.4, -0.2) is 21.4 Å². The number of anilines is 1. The molecule has 3 rings (SSSR count). The van der Waals surface area contributed by atoms with Crippen molar-refractivity contribution in [3.63, 3.8) is 0 Å². The van der Waals surface area contributed by atoms with E-state index in [9.17, 15) is 19.7 Å². The number of hydroxylamine groups is 1. The third-order valence-electron chi connectivity index (χ3n) is 3.91. The molecule has 0 fully saturated rings. The van der Waals surface area contributed by atoms with Gasteiger partial charge in [0.2, 0.25) is 11.8 Å². The highest BCUT2D eigenvalue weighted by atomic mass is 35.5. The summed E-state index contributed by atoms with van der Waals surface area (Å²) < 4.78 is 14.9. The SMILES string of the molecule is CC1/C(=C/[N+](=O)[O-])Nc2ccc(Cl)cc2C(c2ccccc2F)=[N+]1[O-]. The third kappa shape index (κ3) is 3.18. The van der Waals surface area contributed by atoms with Gasteiger partial charge in [0.1, 0.15) is 5.82 Å². The lowest BCUT2D eigenvalue weighted by Crippen LogP contribution is -2.28. The number of halogens is 2. The van der Waals surface area contributed by atoms with Gasteiger partial charge in [-0.1, -0.05) is 23.7 Å². The lowest BCUT2D eigenvalue weighted by atomic mass is 10.00. The molecule has 1 atom stereocenters. The van der Waals surface area contributed by atoms with E-state index in [1.165, 1.54) is 31.2 Å². The van der Waals surface area contributed by atoms with Gasteiger partial charge in [-0.3, -0.25) is 10.1 Å². The van der Waals surface area contributed by atoms with E-state index in [1.54, 1.807) is 18.2 Å². The van der Waals surface area contributed by atoms with Crippen LogP contribution in [-0.2, 0) is 0 Å².